The van der Waals surface area contributed by atoms with Crippen LogP contribution in [0.1, 0.15) is 79.2 Å². The van der Waals surface area contributed by atoms with Crippen LogP contribution in [0, 0.1) is 5.92 Å². The summed E-state index contributed by atoms with van der Waals surface area (Å²) in [4.78, 5) is 53.1. The number of nitrogens with zero attached hydrogens (tertiary/aromatic N) is 2. The van der Waals surface area contributed by atoms with Gasteiger partial charge in [0, 0.05) is 18.5 Å². The topological polar surface area (TPSA) is 140 Å². The summed E-state index contributed by atoms with van der Waals surface area (Å²) in [7, 11) is 1.26. The van der Waals surface area contributed by atoms with E-state index in [4.69, 9.17) is 10.1 Å². The summed E-state index contributed by atoms with van der Waals surface area (Å²) in [6.07, 6.45) is 6.73. The van der Waals surface area contributed by atoms with Gasteiger partial charge < -0.3 is 25.0 Å². The zero-order valence-electron chi connectivity index (χ0n) is 23.4. The molecule has 4 rings (SSSR count). The second-order valence-electron chi connectivity index (χ2n) is 10.6. The van der Waals surface area contributed by atoms with Crippen LogP contribution in [0.25, 0.3) is 11.0 Å². The number of carbonyl (C=O) groups is 4. The molecule has 1 aromatic heterocycles. The molecule has 0 bridgehead atoms. The third kappa shape index (κ3) is 8.39. The number of rotatable bonds is 13. The van der Waals surface area contributed by atoms with Crippen LogP contribution in [-0.2, 0) is 32.1 Å². The molecule has 10 nitrogen and oxygen atoms in total. The molecule has 3 N–H and O–H groups in total. The third-order valence-electron chi connectivity index (χ3n) is 7.60. The predicted molar refractivity (Wildman–Crippen MR) is 153 cm³/mol. The monoisotopic (exact) mass is 562 g/mol. The molecule has 0 radical (unpaired) electrons. The number of ether oxygens (including phenoxy) is 1. The van der Waals surface area contributed by atoms with Crippen LogP contribution in [0.5, 0.6) is 0 Å². The second kappa shape index (κ2) is 14.4. The Morgan fingerprint density at radius 2 is 1.80 bits per heavy atom. The summed E-state index contributed by atoms with van der Waals surface area (Å²) in [6, 6.07) is 14.8. The molecule has 0 saturated heterocycles. The fourth-order valence-corrected chi connectivity index (χ4v) is 5.41. The average Bonchev–Trinajstić information content (AvgIpc) is 3.34. The summed E-state index contributed by atoms with van der Waals surface area (Å²) in [5, 5.41) is 14.7. The lowest BCUT2D eigenvalue weighted by Gasteiger charge is -2.25. The smallest absolute Gasteiger partial charge is 0.325 e. The van der Waals surface area contributed by atoms with Gasteiger partial charge in [-0.25, -0.2) is 4.98 Å². The minimum atomic E-state index is -1.02. The number of esters is 1. The van der Waals surface area contributed by atoms with Crippen LogP contribution in [0.15, 0.2) is 48.5 Å². The molecular formula is C31H38N4O6. The Morgan fingerprint density at radius 3 is 2.51 bits per heavy atom. The number of fused-ring (bicyclic) bond motifs is 1. The van der Waals surface area contributed by atoms with Gasteiger partial charge in [0.05, 0.1) is 30.6 Å². The maximum atomic E-state index is 12.9. The lowest BCUT2D eigenvalue weighted by molar-refractivity contribution is -0.139. The number of hydrogen-bond donors (Lipinski definition) is 3. The van der Waals surface area contributed by atoms with Gasteiger partial charge in [0.25, 0.3) is 5.91 Å². The number of carbonyl (C=O) groups excluding carboxylic acids is 3. The van der Waals surface area contributed by atoms with Crippen molar-refractivity contribution in [2.75, 3.05) is 13.7 Å². The van der Waals surface area contributed by atoms with Crippen molar-refractivity contribution in [3.63, 3.8) is 0 Å². The fourth-order valence-electron chi connectivity index (χ4n) is 5.41. The molecule has 1 aliphatic carbocycles. The number of methoxy groups -OCH3 is 1. The first-order valence-corrected chi connectivity index (χ1v) is 14.2. The van der Waals surface area contributed by atoms with Crippen LogP contribution in [0.2, 0.25) is 0 Å². The molecule has 1 unspecified atom stereocenters. The van der Waals surface area contributed by atoms with Crippen molar-refractivity contribution in [3.8, 4) is 0 Å². The lowest BCUT2D eigenvalue weighted by atomic mass is 9.89. The van der Waals surface area contributed by atoms with E-state index in [1.165, 1.54) is 26.4 Å². The summed E-state index contributed by atoms with van der Waals surface area (Å²) in [6.45, 7) is 0.505. The van der Waals surface area contributed by atoms with Crippen molar-refractivity contribution in [1.82, 2.24) is 20.2 Å². The lowest BCUT2D eigenvalue weighted by Crippen LogP contribution is -2.32. The first-order valence-electron chi connectivity index (χ1n) is 14.2. The summed E-state index contributed by atoms with van der Waals surface area (Å²) in [5.74, 6) is -1.16. The SMILES string of the molecule is COC(=O)CNC(=O)c1ccc2c(c1)nc(C(CCc1ccccc1)NC(=O)CCC(=O)O)n2CC1CCCCC1. The highest BCUT2D eigenvalue weighted by Gasteiger charge is 2.25. The van der Waals surface area contributed by atoms with Crippen molar-refractivity contribution in [2.24, 2.45) is 5.92 Å². The van der Waals surface area contributed by atoms with E-state index in [2.05, 4.69) is 19.9 Å². The van der Waals surface area contributed by atoms with Crippen LogP contribution >= 0.6 is 0 Å². The largest absolute Gasteiger partial charge is 0.481 e. The van der Waals surface area contributed by atoms with E-state index in [1.807, 2.05) is 36.4 Å². The Hall–Kier alpha value is -4.21. The zero-order chi connectivity index (χ0) is 29.2. The molecule has 1 aliphatic rings. The predicted octanol–water partition coefficient (Wildman–Crippen LogP) is 4.17. The first-order chi connectivity index (χ1) is 19.8. The second-order valence-corrected chi connectivity index (χ2v) is 10.6. The fraction of sp³-hybridized carbons (Fsp3) is 0.452. The van der Waals surface area contributed by atoms with Crippen molar-refractivity contribution in [2.45, 2.75) is 70.4 Å². The van der Waals surface area contributed by atoms with Crippen LogP contribution < -0.4 is 10.6 Å². The summed E-state index contributed by atoms with van der Waals surface area (Å²) in [5.41, 5.74) is 2.96. The molecule has 1 fully saturated rings. The summed E-state index contributed by atoms with van der Waals surface area (Å²) < 4.78 is 6.77. The number of aromatic nitrogens is 2. The van der Waals surface area contributed by atoms with Crippen LogP contribution in [0.4, 0.5) is 0 Å². The van der Waals surface area contributed by atoms with Gasteiger partial charge >= 0.3 is 11.9 Å². The molecule has 41 heavy (non-hydrogen) atoms. The Labute approximate surface area is 239 Å². The molecule has 1 saturated carbocycles. The van der Waals surface area contributed by atoms with Crippen molar-refractivity contribution in [1.29, 1.82) is 0 Å². The Bertz CT molecular complexity index is 1360. The number of carboxylic acid groups (broad SMARTS) is 1. The minimum Gasteiger partial charge on any atom is -0.481 e. The highest BCUT2D eigenvalue weighted by molar-refractivity contribution is 5.98. The highest BCUT2D eigenvalue weighted by Crippen LogP contribution is 2.31. The van der Waals surface area contributed by atoms with E-state index >= 15 is 0 Å². The standard InChI is InChI=1S/C31H38N4O6/c1-41-29(39)19-32-31(40)23-13-15-26-25(18-23)34-30(35(26)20-22-10-6-3-7-11-22)24(33-27(36)16-17-28(37)38)14-12-21-8-4-2-5-9-21/h2,4-5,8-9,13,15,18,22,24H,3,6-7,10-12,14,16-17,19-20H2,1H3,(H,32,40)(H,33,36)(H,37,38). The van der Waals surface area contributed by atoms with Gasteiger partial charge in [0.1, 0.15) is 12.4 Å². The van der Waals surface area contributed by atoms with E-state index in [0.717, 1.165) is 30.5 Å². The van der Waals surface area contributed by atoms with Gasteiger partial charge in [0.15, 0.2) is 0 Å². The third-order valence-corrected chi connectivity index (χ3v) is 7.60. The highest BCUT2D eigenvalue weighted by atomic mass is 16.5. The van der Waals surface area contributed by atoms with E-state index < -0.39 is 23.9 Å². The number of aliphatic carboxylic acids is 1. The van der Waals surface area contributed by atoms with Crippen LogP contribution in [0.3, 0.4) is 0 Å². The maximum absolute atomic E-state index is 12.9. The quantitative estimate of drug-likeness (QED) is 0.266. The van der Waals surface area contributed by atoms with E-state index in [9.17, 15) is 19.2 Å². The minimum absolute atomic E-state index is 0.120. The van der Waals surface area contributed by atoms with Crippen molar-refractivity contribution < 1.29 is 29.0 Å². The molecular weight excluding hydrogens is 524 g/mol. The zero-order valence-corrected chi connectivity index (χ0v) is 23.4. The average molecular weight is 563 g/mol. The Balaban J connectivity index is 1.68. The number of amides is 2. The number of carboxylic acids is 1. The molecule has 0 spiro atoms. The molecule has 218 valence electrons. The molecule has 10 heteroatoms. The van der Waals surface area contributed by atoms with Crippen molar-refractivity contribution in [3.05, 3.63) is 65.5 Å². The van der Waals surface area contributed by atoms with Gasteiger partial charge in [-0.3, -0.25) is 19.2 Å². The van der Waals surface area contributed by atoms with E-state index in [0.29, 0.717) is 35.7 Å². The maximum Gasteiger partial charge on any atom is 0.325 e. The van der Waals surface area contributed by atoms with Gasteiger partial charge in [-0.05, 0) is 55.4 Å². The normalized spacial score (nSPS) is 14.4. The molecule has 1 heterocycles. The summed E-state index contributed by atoms with van der Waals surface area (Å²) >= 11 is 0. The van der Waals surface area contributed by atoms with Crippen molar-refractivity contribution >= 4 is 34.8 Å². The molecule has 3 aromatic rings. The number of aryl methyl sites for hydroxylation is 1. The van der Waals surface area contributed by atoms with Gasteiger partial charge in [-0.2, -0.15) is 0 Å². The Morgan fingerprint density at radius 1 is 1.05 bits per heavy atom. The van der Waals surface area contributed by atoms with Gasteiger partial charge in [-0.15, -0.1) is 0 Å². The number of hydrogen-bond acceptors (Lipinski definition) is 6. The number of imidazole rings is 1. The van der Waals surface area contributed by atoms with Gasteiger partial charge in [-0.1, -0.05) is 49.6 Å². The first kappa shape index (κ1) is 29.8. The molecule has 0 aliphatic heterocycles. The number of benzene rings is 2. The van der Waals surface area contributed by atoms with E-state index in [1.54, 1.807) is 12.1 Å². The van der Waals surface area contributed by atoms with E-state index in [-0.39, 0.29) is 25.3 Å². The Kier molecular flexibility index (Phi) is 10.5. The molecule has 2 amide bonds. The number of nitrogens with one attached hydrogen (secondary N) is 2. The molecule has 1 atom stereocenters. The molecule has 2 aromatic carbocycles. The van der Waals surface area contributed by atoms with Crippen LogP contribution in [-0.4, -0.2) is 52.1 Å². The van der Waals surface area contributed by atoms with Gasteiger partial charge in [0.2, 0.25) is 5.91 Å².